The number of rotatable bonds is 7. The Hall–Kier alpha value is -2.40. The third-order valence-corrected chi connectivity index (χ3v) is 7.58. The molecule has 1 amide bonds. The van der Waals surface area contributed by atoms with E-state index in [1.165, 1.54) is 40.3 Å². The first-order chi connectivity index (χ1) is 14.8. The van der Waals surface area contributed by atoms with Gasteiger partial charge in [0, 0.05) is 31.1 Å². The number of sulfonamides is 1. The van der Waals surface area contributed by atoms with Crippen molar-refractivity contribution in [3.8, 4) is 0 Å². The molecule has 1 saturated heterocycles. The van der Waals surface area contributed by atoms with Gasteiger partial charge in [0.15, 0.2) is 6.61 Å². The van der Waals surface area contributed by atoms with Gasteiger partial charge >= 0.3 is 5.97 Å². The van der Waals surface area contributed by atoms with Crippen molar-refractivity contribution in [1.29, 1.82) is 0 Å². The summed E-state index contributed by atoms with van der Waals surface area (Å²) in [5.74, 6) is -1.24. The number of ether oxygens (including phenoxy) is 1. The lowest BCUT2D eigenvalue weighted by molar-refractivity contribution is -0.119. The molecule has 166 valence electrons. The zero-order valence-corrected chi connectivity index (χ0v) is 19.0. The molecular formula is C21H25N3O5S2. The van der Waals surface area contributed by atoms with Crippen molar-refractivity contribution in [2.75, 3.05) is 51.4 Å². The van der Waals surface area contributed by atoms with E-state index in [9.17, 15) is 18.0 Å². The van der Waals surface area contributed by atoms with Crippen molar-refractivity contribution >= 4 is 39.3 Å². The molecule has 1 aliphatic heterocycles. The molecule has 0 spiro atoms. The summed E-state index contributed by atoms with van der Waals surface area (Å²) in [5, 5.41) is 2.71. The highest BCUT2D eigenvalue weighted by molar-refractivity contribution is 7.98. The topological polar surface area (TPSA) is 96.0 Å². The van der Waals surface area contributed by atoms with E-state index in [0.29, 0.717) is 31.9 Å². The molecule has 0 aliphatic carbocycles. The molecule has 3 rings (SSSR count). The van der Waals surface area contributed by atoms with E-state index in [-0.39, 0.29) is 10.5 Å². The van der Waals surface area contributed by atoms with Gasteiger partial charge in [-0.05, 0) is 43.6 Å². The Labute approximate surface area is 186 Å². The van der Waals surface area contributed by atoms with Crippen LogP contribution in [0.4, 0.5) is 5.69 Å². The second kappa shape index (κ2) is 10.3. The number of esters is 1. The summed E-state index contributed by atoms with van der Waals surface area (Å²) in [7, 11) is -1.76. The number of likely N-dealkylation sites (N-methyl/N-ethyl adjacent to an activating group) is 1. The third-order valence-electron chi connectivity index (χ3n) is 4.89. The predicted octanol–water partition coefficient (Wildman–Crippen LogP) is 2.14. The number of carbonyl (C=O) groups excluding carboxylic acids is 2. The maximum absolute atomic E-state index is 12.9. The molecule has 0 bridgehead atoms. The Balaban J connectivity index is 1.63. The van der Waals surface area contributed by atoms with Crippen LogP contribution in [0.25, 0.3) is 0 Å². The summed E-state index contributed by atoms with van der Waals surface area (Å²) in [4.78, 5) is 27.6. The Morgan fingerprint density at radius 2 is 1.77 bits per heavy atom. The SMILES string of the molecule is CSc1ccccc1NC(=O)COC(=O)c1cccc(S(=O)(=O)N2CCN(C)CC2)c1. The molecule has 1 N–H and O–H groups in total. The second-order valence-corrected chi connectivity index (χ2v) is 9.85. The van der Waals surface area contributed by atoms with Gasteiger partial charge in [0.2, 0.25) is 10.0 Å². The Kier molecular flexibility index (Phi) is 7.71. The van der Waals surface area contributed by atoms with Crippen molar-refractivity contribution in [1.82, 2.24) is 9.21 Å². The minimum absolute atomic E-state index is 0.0323. The highest BCUT2D eigenvalue weighted by Crippen LogP contribution is 2.24. The molecule has 0 atom stereocenters. The standard InChI is InChI=1S/C21H25N3O5S2/c1-23-10-12-24(13-11-23)31(27,28)17-7-5-6-16(14-17)21(26)29-15-20(25)22-18-8-3-4-9-19(18)30-2/h3-9,14H,10-13,15H2,1-2H3,(H,22,25). The Morgan fingerprint density at radius 3 is 2.48 bits per heavy atom. The van der Waals surface area contributed by atoms with Crippen molar-refractivity contribution in [2.45, 2.75) is 9.79 Å². The van der Waals surface area contributed by atoms with Gasteiger partial charge in [-0.1, -0.05) is 18.2 Å². The minimum atomic E-state index is -3.70. The summed E-state index contributed by atoms with van der Waals surface area (Å²) in [5.41, 5.74) is 0.712. The van der Waals surface area contributed by atoms with E-state index in [0.717, 1.165) is 4.90 Å². The van der Waals surface area contributed by atoms with Gasteiger partial charge in [-0.2, -0.15) is 4.31 Å². The number of thioether (sulfide) groups is 1. The lowest BCUT2D eigenvalue weighted by Crippen LogP contribution is -2.47. The highest BCUT2D eigenvalue weighted by Gasteiger charge is 2.28. The van der Waals surface area contributed by atoms with Crippen LogP contribution < -0.4 is 5.32 Å². The lowest BCUT2D eigenvalue weighted by atomic mass is 10.2. The van der Waals surface area contributed by atoms with Crippen LogP contribution in [0.1, 0.15) is 10.4 Å². The van der Waals surface area contributed by atoms with Crippen LogP contribution in [0.3, 0.4) is 0 Å². The lowest BCUT2D eigenvalue weighted by Gasteiger charge is -2.31. The van der Waals surface area contributed by atoms with Crippen molar-refractivity contribution in [3.63, 3.8) is 0 Å². The number of benzene rings is 2. The number of hydrogen-bond acceptors (Lipinski definition) is 7. The summed E-state index contributed by atoms with van der Waals surface area (Å²) in [6, 6.07) is 13.0. The van der Waals surface area contributed by atoms with E-state index in [4.69, 9.17) is 4.74 Å². The molecule has 2 aromatic carbocycles. The van der Waals surface area contributed by atoms with Gasteiger partial charge in [-0.25, -0.2) is 13.2 Å². The average Bonchev–Trinajstić information content (AvgIpc) is 2.78. The first-order valence-electron chi connectivity index (χ1n) is 9.70. The summed E-state index contributed by atoms with van der Waals surface area (Å²) in [6.07, 6.45) is 1.90. The van der Waals surface area contributed by atoms with Gasteiger partial charge in [0.05, 0.1) is 16.1 Å². The number of nitrogens with one attached hydrogen (secondary N) is 1. The molecule has 1 fully saturated rings. The fourth-order valence-electron chi connectivity index (χ4n) is 3.11. The molecule has 31 heavy (non-hydrogen) atoms. The maximum Gasteiger partial charge on any atom is 0.338 e. The molecule has 1 heterocycles. The minimum Gasteiger partial charge on any atom is -0.452 e. The first-order valence-corrected chi connectivity index (χ1v) is 12.4. The predicted molar refractivity (Wildman–Crippen MR) is 120 cm³/mol. The van der Waals surface area contributed by atoms with Crippen LogP contribution >= 0.6 is 11.8 Å². The van der Waals surface area contributed by atoms with Gasteiger partial charge in [-0.3, -0.25) is 4.79 Å². The molecular weight excluding hydrogens is 438 g/mol. The van der Waals surface area contributed by atoms with Crippen LogP contribution in [-0.4, -0.2) is 75.6 Å². The Bertz CT molecular complexity index is 1050. The molecule has 0 unspecified atom stereocenters. The van der Waals surface area contributed by atoms with Crippen LogP contribution in [0.2, 0.25) is 0 Å². The van der Waals surface area contributed by atoms with Crippen molar-refractivity contribution in [2.24, 2.45) is 0 Å². The molecule has 10 heteroatoms. The molecule has 1 aliphatic rings. The smallest absolute Gasteiger partial charge is 0.338 e. The molecule has 0 radical (unpaired) electrons. The number of para-hydroxylation sites is 1. The molecule has 8 nitrogen and oxygen atoms in total. The summed E-state index contributed by atoms with van der Waals surface area (Å²) in [6.45, 7) is 1.61. The van der Waals surface area contributed by atoms with Crippen LogP contribution in [0, 0.1) is 0 Å². The van der Waals surface area contributed by atoms with E-state index in [2.05, 4.69) is 10.2 Å². The third kappa shape index (κ3) is 5.85. The molecule has 0 saturated carbocycles. The van der Waals surface area contributed by atoms with E-state index < -0.39 is 28.5 Å². The number of hydrogen-bond donors (Lipinski definition) is 1. The zero-order chi connectivity index (χ0) is 22.4. The van der Waals surface area contributed by atoms with Crippen LogP contribution in [0.15, 0.2) is 58.3 Å². The fraction of sp³-hybridized carbons (Fsp3) is 0.333. The van der Waals surface area contributed by atoms with Crippen molar-refractivity contribution < 1.29 is 22.7 Å². The quantitative estimate of drug-likeness (QED) is 0.496. The van der Waals surface area contributed by atoms with Gasteiger partial charge in [-0.15, -0.1) is 11.8 Å². The van der Waals surface area contributed by atoms with Crippen LogP contribution in [0.5, 0.6) is 0 Å². The monoisotopic (exact) mass is 463 g/mol. The second-order valence-electron chi connectivity index (χ2n) is 7.06. The number of piperazine rings is 1. The average molecular weight is 464 g/mol. The van der Waals surface area contributed by atoms with Gasteiger partial charge < -0.3 is 15.0 Å². The number of carbonyl (C=O) groups is 2. The van der Waals surface area contributed by atoms with Gasteiger partial charge in [0.25, 0.3) is 5.91 Å². The van der Waals surface area contributed by atoms with Gasteiger partial charge in [0.1, 0.15) is 0 Å². The van der Waals surface area contributed by atoms with Crippen LogP contribution in [-0.2, 0) is 19.6 Å². The summed E-state index contributed by atoms with van der Waals surface area (Å²) < 4.78 is 32.3. The fourth-order valence-corrected chi connectivity index (χ4v) is 5.13. The van der Waals surface area contributed by atoms with E-state index in [1.807, 2.05) is 25.4 Å². The maximum atomic E-state index is 12.9. The summed E-state index contributed by atoms with van der Waals surface area (Å²) >= 11 is 1.49. The normalized spacial score (nSPS) is 15.4. The number of nitrogens with zero attached hydrogens (tertiary/aromatic N) is 2. The number of amides is 1. The largest absolute Gasteiger partial charge is 0.452 e. The van der Waals surface area contributed by atoms with Crippen molar-refractivity contribution in [3.05, 3.63) is 54.1 Å². The molecule has 0 aromatic heterocycles. The number of anilines is 1. The van der Waals surface area contributed by atoms with E-state index >= 15 is 0 Å². The van der Waals surface area contributed by atoms with E-state index in [1.54, 1.807) is 12.1 Å². The first kappa shape index (κ1) is 23.3. The molecule has 2 aromatic rings. The zero-order valence-electron chi connectivity index (χ0n) is 17.4. The Morgan fingerprint density at radius 1 is 1.06 bits per heavy atom. The highest BCUT2D eigenvalue weighted by atomic mass is 32.2.